The van der Waals surface area contributed by atoms with Crippen molar-refractivity contribution >= 4 is 0 Å². The van der Waals surface area contributed by atoms with E-state index in [9.17, 15) is 0 Å². The van der Waals surface area contributed by atoms with Crippen molar-refractivity contribution in [1.29, 1.82) is 0 Å². The summed E-state index contributed by atoms with van der Waals surface area (Å²) in [6.07, 6.45) is 8.62. The fourth-order valence-electron chi connectivity index (χ4n) is 3.11. The number of likely N-dealkylation sites (N-methyl/N-ethyl adjacent to an activating group) is 1. The van der Waals surface area contributed by atoms with Gasteiger partial charge in [0, 0.05) is 25.2 Å². The van der Waals surface area contributed by atoms with Gasteiger partial charge in [0.05, 0.1) is 0 Å². The number of piperidine rings is 1. The smallest absolute Gasteiger partial charge is 0.0218 e. The molecule has 0 aromatic carbocycles. The fourth-order valence-corrected chi connectivity index (χ4v) is 3.11. The van der Waals surface area contributed by atoms with E-state index in [1.165, 1.54) is 51.6 Å². The summed E-state index contributed by atoms with van der Waals surface area (Å²) in [6.45, 7) is 4.83. The van der Waals surface area contributed by atoms with Crippen molar-refractivity contribution in [2.75, 3.05) is 20.1 Å². The van der Waals surface area contributed by atoms with E-state index in [0.29, 0.717) is 0 Å². The van der Waals surface area contributed by atoms with Gasteiger partial charge in [-0.2, -0.15) is 0 Å². The van der Waals surface area contributed by atoms with E-state index in [1.807, 2.05) is 0 Å². The highest BCUT2D eigenvalue weighted by Gasteiger charge is 2.24. The third kappa shape index (κ3) is 3.18. The molecule has 2 heteroatoms. The molecule has 2 unspecified atom stereocenters. The molecule has 1 saturated heterocycles. The van der Waals surface area contributed by atoms with Crippen LogP contribution in [-0.2, 0) is 0 Å². The van der Waals surface area contributed by atoms with E-state index >= 15 is 0 Å². The van der Waals surface area contributed by atoms with Crippen molar-refractivity contribution in [3.8, 4) is 0 Å². The lowest BCUT2D eigenvalue weighted by molar-refractivity contribution is 0.164. The summed E-state index contributed by atoms with van der Waals surface area (Å²) in [5.41, 5.74) is 0. The molecular formula is C13H26N2. The monoisotopic (exact) mass is 210 g/mol. The molecule has 1 saturated carbocycles. The van der Waals surface area contributed by atoms with Crippen molar-refractivity contribution in [3.63, 3.8) is 0 Å². The minimum absolute atomic E-state index is 0.737. The van der Waals surface area contributed by atoms with Crippen LogP contribution in [0, 0.1) is 5.92 Å². The summed E-state index contributed by atoms with van der Waals surface area (Å²) in [7, 11) is 2.32. The van der Waals surface area contributed by atoms with Crippen molar-refractivity contribution in [3.05, 3.63) is 0 Å². The molecule has 1 N–H and O–H groups in total. The molecule has 1 aliphatic heterocycles. The Morgan fingerprint density at radius 2 is 1.87 bits per heavy atom. The van der Waals surface area contributed by atoms with Crippen molar-refractivity contribution in [1.82, 2.24) is 10.2 Å². The van der Waals surface area contributed by atoms with Gasteiger partial charge in [0.15, 0.2) is 0 Å². The van der Waals surface area contributed by atoms with E-state index in [2.05, 4.69) is 24.2 Å². The Morgan fingerprint density at radius 1 is 1.13 bits per heavy atom. The second kappa shape index (κ2) is 5.31. The van der Waals surface area contributed by atoms with Gasteiger partial charge in [-0.15, -0.1) is 0 Å². The standard InChI is InChI=1S/C13H26N2/c1-11-7-8-13(9-14-11)15(2)10-12-5-3-4-6-12/h11-14H,3-10H2,1-2H3. The third-order valence-corrected chi connectivity index (χ3v) is 4.28. The topological polar surface area (TPSA) is 15.3 Å². The molecular weight excluding hydrogens is 184 g/mol. The molecule has 2 atom stereocenters. The highest BCUT2D eigenvalue weighted by atomic mass is 15.2. The summed E-state index contributed by atoms with van der Waals surface area (Å²) < 4.78 is 0. The first-order valence-electron chi connectivity index (χ1n) is 6.69. The van der Waals surface area contributed by atoms with Gasteiger partial charge in [0.25, 0.3) is 0 Å². The van der Waals surface area contributed by atoms with E-state index in [4.69, 9.17) is 0 Å². The summed E-state index contributed by atoms with van der Waals surface area (Å²) in [5.74, 6) is 0.995. The third-order valence-electron chi connectivity index (χ3n) is 4.28. The van der Waals surface area contributed by atoms with Crippen LogP contribution in [-0.4, -0.2) is 37.1 Å². The van der Waals surface area contributed by atoms with Crippen molar-refractivity contribution < 1.29 is 0 Å². The van der Waals surface area contributed by atoms with Gasteiger partial charge in [-0.05, 0) is 45.6 Å². The Balaban J connectivity index is 1.72. The SMILES string of the molecule is CC1CCC(N(C)CC2CCCC2)CN1. The zero-order valence-electron chi connectivity index (χ0n) is 10.3. The normalized spacial score (nSPS) is 33.8. The maximum absolute atomic E-state index is 3.60. The molecule has 1 aliphatic carbocycles. The number of nitrogens with one attached hydrogen (secondary N) is 1. The van der Waals surface area contributed by atoms with Crippen LogP contribution in [0.5, 0.6) is 0 Å². The Labute approximate surface area is 94.4 Å². The predicted octanol–water partition coefficient (Wildman–Crippen LogP) is 2.25. The van der Waals surface area contributed by atoms with Gasteiger partial charge in [-0.3, -0.25) is 0 Å². The van der Waals surface area contributed by atoms with Crippen LogP contribution < -0.4 is 5.32 Å². The molecule has 2 aliphatic rings. The van der Waals surface area contributed by atoms with Gasteiger partial charge >= 0.3 is 0 Å². The maximum atomic E-state index is 3.60. The minimum atomic E-state index is 0.737. The second-order valence-corrected chi connectivity index (χ2v) is 5.63. The van der Waals surface area contributed by atoms with Crippen LogP contribution in [0.2, 0.25) is 0 Å². The molecule has 0 bridgehead atoms. The first kappa shape index (κ1) is 11.4. The van der Waals surface area contributed by atoms with E-state index in [0.717, 1.165) is 18.0 Å². The molecule has 2 fully saturated rings. The summed E-state index contributed by atoms with van der Waals surface area (Å²) in [4.78, 5) is 2.61. The highest BCUT2D eigenvalue weighted by Crippen LogP contribution is 2.26. The summed E-state index contributed by atoms with van der Waals surface area (Å²) in [5, 5.41) is 3.60. The van der Waals surface area contributed by atoms with Crippen molar-refractivity contribution in [2.24, 2.45) is 5.92 Å². The maximum Gasteiger partial charge on any atom is 0.0218 e. The molecule has 2 rings (SSSR count). The van der Waals surface area contributed by atoms with Crippen LogP contribution >= 0.6 is 0 Å². The average Bonchev–Trinajstić information content (AvgIpc) is 2.71. The van der Waals surface area contributed by atoms with Crippen LogP contribution in [0.15, 0.2) is 0 Å². The molecule has 0 aromatic heterocycles. The number of rotatable bonds is 3. The van der Waals surface area contributed by atoms with Gasteiger partial charge in [-0.1, -0.05) is 12.8 Å². The lowest BCUT2D eigenvalue weighted by Gasteiger charge is -2.35. The Bertz CT molecular complexity index is 179. The lowest BCUT2D eigenvalue weighted by Crippen LogP contribution is -2.48. The van der Waals surface area contributed by atoms with E-state index < -0.39 is 0 Å². The van der Waals surface area contributed by atoms with Gasteiger partial charge < -0.3 is 10.2 Å². The van der Waals surface area contributed by atoms with Gasteiger partial charge in [0.2, 0.25) is 0 Å². The fraction of sp³-hybridized carbons (Fsp3) is 1.00. The Hall–Kier alpha value is -0.0800. The number of hydrogen-bond donors (Lipinski definition) is 1. The largest absolute Gasteiger partial charge is 0.313 e. The van der Waals surface area contributed by atoms with Crippen LogP contribution in [0.3, 0.4) is 0 Å². The molecule has 0 aromatic rings. The van der Waals surface area contributed by atoms with Crippen LogP contribution in [0.1, 0.15) is 45.4 Å². The van der Waals surface area contributed by atoms with Crippen molar-refractivity contribution in [2.45, 2.75) is 57.5 Å². The quantitative estimate of drug-likeness (QED) is 0.768. The molecule has 1 heterocycles. The zero-order valence-corrected chi connectivity index (χ0v) is 10.3. The summed E-state index contributed by atoms with van der Waals surface area (Å²) in [6, 6.07) is 1.53. The predicted molar refractivity (Wildman–Crippen MR) is 65.1 cm³/mol. The van der Waals surface area contributed by atoms with E-state index in [-0.39, 0.29) is 0 Å². The zero-order chi connectivity index (χ0) is 10.7. The minimum Gasteiger partial charge on any atom is -0.313 e. The molecule has 0 radical (unpaired) electrons. The highest BCUT2D eigenvalue weighted by molar-refractivity contribution is 4.82. The van der Waals surface area contributed by atoms with Gasteiger partial charge in [-0.25, -0.2) is 0 Å². The molecule has 15 heavy (non-hydrogen) atoms. The van der Waals surface area contributed by atoms with Gasteiger partial charge in [0.1, 0.15) is 0 Å². The lowest BCUT2D eigenvalue weighted by atomic mass is 9.99. The molecule has 0 amide bonds. The Kier molecular flexibility index (Phi) is 4.04. The molecule has 88 valence electrons. The molecule has 0 spiro atoms. The molecule has 2 nitrogen and oxygen atoms in total. The van der Waals surface area contributed by atoms with Crippen LogP contribution in [0.25, 0.3) is 0 Å². The second-order valence-electron chi connectivity index (χ2n) is 5.63. The number of hydrogen-bond acceptors (Lipinski definition) is 2. The number of nitrogens with zero attached hydrogens (tertiary/aromatic N) is 1. The van der Waals surface area contributed by atoms with E-state index in [1.54, 1.807) is 0 Å². The van der Waals surface area contributed by atoms with Crippen LogP contribution in [0.4, 0.5) is 0 Å². The first-order chi connectivity index (χ1) is 7.25. The summed E-state index contributed by atoms with van der Waals surface area (Å²) >= 11 is 0. The first-order valence-corrected chi connectivity index (χ1v) is 6.69. The average molecular weight is 210 g/mol. The Morgan fingerprint density at radius 3 is 2.47 bits per heavy atom.